The number of nitrogens with one attached hydrogen (secondary N) is 1. The van der Waals surface area contributed by atoms with Crippen molar-refractivity contribution in [3.05, 3.63) is 0 Å². The molecular weight excluding hydrogens is 176 g/mol. The van der Waals surface area contributed by atoms with E-state index in [1.807, 2.05) is 7.05 Å². The van der Waals surface area contributed by atoms with Gasteiger partial charge in [-0.1, -0.05) is 13.3 Å². The lowest BCUT2D eigenvalue weighted by Gasteiger charge is -2.34. The lowest BCUT2D eigenvalue weighted by Crippen LogP contribution is -2.44. The van der Waals surface area contributed by atoms with E-state index in [1.54, 1.807) is 0 Å². The maximum atomic E-state index is 5.38. The van der Waals surface area contributed by atoms with Crippen molar-refractivity contribution in [2.45, 2.75) is 32.2 Å². The third-order valence-electron chi connectivity index (χ3n) is 2.91. The van der Waals surface area contributed by atoms with Crippen LogP contribution in [0.3, 0.4) is 0 Å². The van der Waals surface area contributed by atoms with Crippen LogP contribution in [0.15, 0.2) is 0 Å². The van der Waals surface area contributed by atoms with Gasteiger partial charge in [-0.25, -0.2) is 0 Å². The van der Waals surface area contributed by atoms with Gasteiger partial charge in [0.1, 0.15) is 0 Å². The van der Waals surface area contributed by atoms with Crippen molar-refractivity contribution in [1.29, 1.82) is 0 Å². The van der Waals surface area contributed by atoms with E-state index in [-0.39, 0.29) is 0 Å². The molecule has 0 radical (unpaired) electrons. The lowest BCUT2D eigenvalue weighted by molar-refractivity contribution is 0.0129. The molecule has 1 unspecified atom stereocenters. The number of hydrogen-bond acceptors (Lipinski definition) is 3. The SMILES string of the molecule is CCCC(CCNC)N1CCOCC1. The normalized spacial score (nSPS) is 21.0. The summed E-state index contributed by atoms with van der Waals surface area (Å²) in [7, 11) is 2.03. The second kappa shape index (κ2) is 7.21. The maximum Gasteiger partial charge on any atom is 0.0594 e. The molecular formula is C11H24N2O. The molecule has 1 fully saturated rings. The molecule has 0 aromatic carbocycles. The summed E-state index contributed by atoms with van der Waals surface area (Å²) >= 11 is 0. The van der Waals surface area contributed by atoms with E-state index < -0.39 is 0 Å². The molecule has 0 aromatic heterocycles. The Bertz CT molecular complexity index is 135. The Kier molecular flexibility index (Phi) is 6.15. The van der Waals surface area contributed by atoms with Gasteiger partial charge in [0, 0.05) is 19.1 Å². The van der Waals surface area contributed by atoms with Gasteiger partial charge in [-0.15, -0.1) is 0 Å². The average Bonchev–Trinajstić information content (AvgIpc) is 2.25. The topological polar surface area (TPSA) is 24.5 Å². The van der Waals surface area contributed by atoms with Crippen molar-refractivity contribution in [3.63, 3.8) is 0 Å². The van der Waals surface area contributed by atoms with Crippen molar-refractivity contribution < 1.29 is 4.74 Å². The summed E-state index contributed by atoms with van der Waals surface area (Å²) in [5, 5.41) is 3.24. The molecule has 0 aliphatic carbocycles. The Balaban J connectivity index is 2.30. The molecule has 0 aromatic rings. The second-order valence-electron chi connectivity index (χ2n) is 3.98. The Morgan fingerprint density at radius 1 is 1.29 bits per heavy atom. The quantitative estimate of drug-likeness (QED) is 0.695. The Hall–Kier alpha value is -0.120. The molecule has 1 aliphatic rings. The van der Waals surface area contributed by atoms with Gasteiger partial charge in [-0.2, -0.15) is 0 Å². The minimum absolute atomic E-state index is 0.761. The van der Waals surface area contributed by atoms with E-state index in [4.69, 9.17) is 4.74 Å². The molecule has 3 heteroatoms. The number of morpholine rings is 1. The molecule has 0 bridgehead atoms. The first-order valence-electron chi connectivity index (χ1n) is 5.85. The summed E-state index contributed by atoms with van der Waals surface area (Å²) in [5.41, 5.74) is 0. The van der Waals surface area contributed by atoms with Crippen LogP contribution in [0.25, 0.3) is 0 Å². The van der Waals surface area contributed by atoms with Crippen LogP contribution in [0, 0.1) is 0 Å². The molecule has 14 heavy (non-hydrogen) atoms. The van der Waals surface area contributed by atoms with Crippen LogP contribution in [-0.2, 0) is 4.74 Å². The summed E-state index contributed by atoms with van der Waals surface area (Å²) in [5.74, 6) is 0. The summed E-state index contributed by atoms with van der Waals surface area (Å²) < 4.78 is 5.38. The highest BCUT2D eigenvalue weighted by Crippen LogP contribution is 2.12. The highest BCUT2D eigenvalue weighted by Gasteiger charge is 2.19. The standard InChI is InChI=1S/C11H24N2O/c1-3-4-11(5-6-12-2)13-7-9-14-10-8-13/h11-12H,3-10H2,1-2H3. The van der Waals surface area contributed by atoms with Crippen molar-refractivity contribution >= 4 is 0 Å². The van der Waals surface area contributed by atoms with E-state index in [1.165, 1.54) is 19.3 Å². The van der Waals surface area contributed by atoms with Crippen LogP contribution in [0.5, 0.6) is 0 Å². The van der Waals surface area contributed by atoms with Crippen LogP contribution in [0.4, 0.5) is 0 Å². The van der Waals surface area contributed by atoms with Gasteiger partial charge < -0.3 is 10.1 Å². The molecule has 1 saturated heterocycles. The summed E-state index contributed by atoms with van der Waals surface area (Å²) in [6, 6.07) is 0.761. The third kappa shape index (κ3) is 3.95. The van der Waals surface area contributed by atoms with E-state index >= 15 is 0 Å². The Morgan fingerprint density at radius 2 is 2.00 bits per heavy atom. The highest BCUT2D eigenvalue weighted by atomic mass is 16.5. The van der Waals surface area contributed by atoms with Gasteiger partial charge in [0.15, 0.2) is 0 Å². The highest BCUT2D eigenvalue weighted by molar-refractivity contribution is 4.74. The fourth-order valence-electron chi connectivity index (χ4n) is 2.10. The van der Waals surface area contributed by atoms with Crippen LogP contribution >= 0.6 is 0 Å². The number of rotatable bonds is 6. The monoisotopic (exact) mass is 200 g/mol. The van der Waals surface area contributed by atoms with Crippen molar-refractivity contribution in [1.82, 2.24) is 10.2 Å². The largest absolute Gasteiger partial charge is 0.379 e. The van der Waals surface area contributed by atoms with E-state index in [9.17, 15) is 0 Å². The predicted octanol–water partition coefficient (Wildman–Crippen LogP) is 1.10. The van der Waals surface area contributed by atoms with Crippen LogP contribution in [0.1, 0.15) is 26.2 Å². The zero-order chi connectivity index (χ0) is 10.2. The first-order chi connectivity index (χ1) is 6.88. The van der Waals surface area contributed by atoms with Gasteiger partial charge in [-0.05, 0) is 26.4 Å². The molecule has 1 heterocycles. The van der Waals surface area contributed by atoms with Crippen molar-refractivity contribution in [2.75, 3.05) is 39.9 Å². The summed E-state index contributed by atoms with van der Waals surface area (Å²) in [6.07, 6.45) is 3.87. The van der Waals surface area contributed by atoms with Crippen molar-refractivity contribution in [3.8, 4) is 0 Å². The predicted molar refractivity (Wildman–Crippen MR) is 59.6 cm³/mol. The minimum Gasteiger partial charge on any atom is -0.379 e. The first-order valence-corrected chi connectivity index (χ1v) is 5.85. The van der Waals surface area contributed by atoms with Crippen LogP contribution < -0.4 is 5.32 Å². The summed E-state index contributed by atoms with van der Waals surface area (Å²) in [4.78, 5) is 2.59. The fourth-order valence-corrected chi connectivity index (χ4v) is 2.10. The van der Waals surface area contributed by atoms with Crippen LogP contribution in [-0.4, -0.2) is 50.8 Å². The Morgan fingerprint density at radius 3 is 2.57 bits per heavy atom. The molecule has 84 valence electrons. The zero-order valence-corrected chi connectivity index (χ0v) is 9.59. The Labute approximate surface area is 87.8 Å². The number of nitrogens with zero attached hydrogens (tertiary/aromatic N) is 1. The molecule has 0 saturated carbocycles. The van der Waals surface area contributed by atoms with Crippen LogP contribution in [0.2, 0.25) is 0 Å². The molecule has 1 rings (SSSR count). The molecule has 1 atom stereocenters. The fraction of sp³-hybridized carbons (Fsp3) is 1.00. The first kappa shape index (κ1) is 12.0. The molecule has 0 spiro atoms. The summed E-state index contributed by atoms with van der Waals surface area (Å²) in [6.45, 7) is 7.47. The van der Waals surface area contributed by atoms with E-state index in [0.717, 1.165) is 38.9 Å². The van der Waals surface area contributed by atoms with Gasteiger partial charge in [0.05, 0.1) is 13.2 Å². The molecule has 1 N–H and O–H groups in total. The lowest BCUT2D eigenvalue weighted by atomic mass is 10.1. The van der Waals surface area contributed by atoms with Gasteiger partial charge in [-0.3, -0.25) is 4.90 Å². The van der Waals surface area contributed by atoms with Gasteiger partial charge in [0.2, 0.25) is 0 Å². The molecule has 1 aliphatic heterocycles. The zero-order valence-electron chi connectivity index (χ0n) is 9.59. The second-order valence-corrected chi connectivity index (χ2v) is 3.98. The number of hydrogen-bond donors (Lipinski definition) is 1. The van der Waals surface area contributed by atoms with Gasteiger partial charge >= 0.3 is 0 Å². The van der Waals surface area contributed by atoms with E-state index in [0.29, 0.717) is 0 Å². The van der Waals surface area contributed by atoms with E-state index in [2.05, 4.69) is 17.1 Å². The van der Waals surface area contributed by atoms with Crippen molar-refractivity contribution in [2.24, 2.45) is 0 Å². The molecule has 3 nitrogen and oxygen atoms in total. The number of ether oxygens (including phenoxy) is 1. The smallest absolute Gasteiger partial charge is 0.0594 e. The maximum absolute atomic E-state index is 5.38. The van der Waals surface area contributed by atoms with Gasteiger partial charge in [0.25, 0.3) is 0 Å². The third-order valence-corrected chi connectivity index (χ3v) is 2.91. The average molecular weight is 200 g/mol. The molecule has 0 amide bonds. The minimum atomic E-state index is 0.761.